The first-order valence-corrected chi connectivity index (χ1v) is 6.43. The second-order valence-electron chi connectivity index (χ2n) is 3.88. The average Bonchev–Trinajstić information content (AvgIpc) is 2.85. The Morgan fingerprint density at radius 3 is 2.61 bits per heavy atom. The van der Waals surface area contributed by atoms with Crippen molar-refractivity contribution in [3.05, 3.63) is 51.7 Å². The van der Waals surface area contributed by atoms with Gasteiger partial charge in [-0.15, -0.1) is 11.3 Å². The summed E-state index contributed by atoms with van der Waals surface area (Å²) in [5.74, 6) is 0.219. The van der Waals surface area contributed by atoms with E-state index in [2.05, 4.69) is 0 Å². The van der Waals surface area contributed by atoms with E-state index < -0.39 is 0 Å². The summed E-state index contributed by atoms with van der Waals surface area (Å²) in [4.78, 5) is 12.0. The minimum absolute atomic E-state index is 0.357. The molecular formula is C14H14O3S. The molecule has 0 aliphatic rings. The molecule has 2 rings (SSSR count). The lowest BCUT2D eigenvalue weighted by Crippen LogP contribution is -2.02. The normalized spacial score (nSPS) is 10.1. The number of thiophene rings is 1. The van der Waals surface area contributed by atoms with E-state index in [1.165, 1.54) is 24.0 Å². The molecule has 0 saturated heterocycles. The van der Waals surface area contributed by atoms with Crippen LogP contribution in [-0.2, 0) is 11.3 Å². The minimum atomic E-state index is -0.357. The zero-order valence-electron chi connectivity index (χ0n) is 10.3. The number of benzene rings is 1. The number of carbonyl (C=O) groups is 1. The van der Waals surface area contributed by atoms with Gasteiger partial charge in [0.15, 0.2) is 4.88 Å². The van der Waals surface area contributed by atoms with Gasteiger partial charge in [0.1, 0.15) is 12.4 Å². The van der Waals surface area contributed by atoms with Crippen LogP contribution in [0.3, 0.4) is 0 Å². The van der Waals surface area contributed by atoms with Gasteiger partial charge in [-0.3, -0.25) is 0 Å². The van der Waals surface area contributed by atoms with Gasteiger partial charge in [0, 0.05) is 0 Å². The molecule has 1 heterocycles. The molecule has 1 aromatic carbocycles. The molecule has 0 bridgehead atoms. The Bertz CT molecular complexity index is 528. The predicted molar refractivity (Wildman–Crippen MR) is 71.2 cm³/mol. The monoisotopic (exact) mass is 262 g/mol. The van der Waals surface area contributed by atoms with Crippen LogP contribution in [-0.4, -0.2) is 13.1 Å². The van der Waals surface area contributed by atoms with Gasteiger partial charge in [0.05, 0.1) is 7.11 Å². The molecule has 18 heavy (non-hydrogen) atoms. The summed E-state index contributed by atoms with van der Waals surface area (Å²) in [6.45, 7) is 2.49. The van der Waals surface area contributed by atoms with Gasteiger partial charge < -0.3 is 9.47 Å². The highest BCUT2D eigenvalue weighted by atomic mass is 32.1. The Morgan fingerprint density at radius 2 is 1.94 bits per heavy atom. The first-order valence-electron chi connectivity index (χ1n) is 5.55. The third-order valence-electron chi connectivity index (χ3n) is 2.51. The van der Waals surface area contributed by atoms with E-state index in [0.29, 0.717) is 17.2 Å². The molecule has 0 aliphatic heterocycles. The summed E-state index contributed by atoms with van der Waals surface area (Å²) in [5, 5.41) is 1.82. The number of hydrogen-bond donors (Lipinski definition) is 0. The van der Waals surface area contributed by atoms with Crippen LogP contribution in [0.5, 0.6) is 5.75 Å². The highest BCUT2D eigenvalue weighted by Gasteiger charge is 2.14. The molecule has 0 amide bonds. The zero-order valence-corrected chi connectivity index (χ0v) is 11.1. The largest absolute Gasteiger partial charge is 0.487 e. The Labute approximate surface area is 110 Å². The molecule has 0 N–H and O–H groups in total. The van der Waals surface area contributed by atoms with Crippen LogP contribution in [0, 0.1) is 6.92 Å². The maximum atomic E-state index is 11.5. The van der Waals surface area contributed by atoms with E-state index in [9.17, 15) is 4.79 Å². The van der Waals surface area contributed by atoms with Crippen molar-refractivity contribution in [1.82, 2.24) is 0 Å². The molecular weight excluding hydrogens is 248 g/mol. The lowest BCUT2D eigenvalue weighted by molar-refractivity contribution is 0.0601. The fraction of sp³-hybridized carbons (Fsp3) is 0.214. The maximum absolute atomic E-state index is 11.5. The third kappa shape index (κ3) is 2.90. The molecule has 0 aliphatic carbocycles. The highest BCUT2D eigenvalue weighted by molar-refractivity contribution is 7.12. The van der Waals surface area contributed by atoms with E-state index >= 15 is 0 Å². The van der Waals surface area contributed by atoms with Gasteiger partial charge >= 0.3 is 5.97 Å². The van der Waals surface area contributed by atoms with Gasteiger partial charge in [-0.25, -0.2) is 4.79 Å². The second kappa shape index (κ2) is 5.69. The molecule has 0 atom stereocenters. The topological polar surface area (TPSA) is 35.5 Å². The fourth-order valence-electron chi connectivity index (χ4n) is 1.50. The number of hydrogen-bond acceptors (Lipinski definition) is 4. The summed E-state index contributed by atoms with van der Waals surface area (Å²) in [6.07, 6.45) is 0. The number of ether oxygens (including phenoxy) is 2. The lowest BCUT2D eigenvalue weighted by Gasteiger charge is -2.06. The van der Waals surface area contributed by atoms with Gasteiger partial charge in [-0.2, -0.15) is 0 Å². The lowest BCUT2D eigenvalue weighted by atomic mass is 10.2. The molecule has 0 saturated carbocycles. The van der Waals surface area contributed by atoms with Crippen LogP contribution in [0.25, 0.3) is 0 Å². The standard InChI is InChI=1S/C14H14O3S/c1-10-3-5-11(6-4-10)9-17-12-7-8-18-13(12)14(15)16-2/h3-8H,9H2,1-2H3. The Kier molecular flexibility index (Phi) is 3.99. The molecule has 2 aromatic rings. The average molecular weight is 262 g/mol. The molecule has 0 spiro atoms. The van der Waals surface area contributed by atoms with Crippen LogP contribution in [0.1, 0.15) is 20.8 Å². The second-order valence-corrected chi connectivity index (χ2v) is 4.80. The van der Waals surface area contributed by atoms with Gasteiger partial charge in [0.25, 0.3) is 0 Å². The third-order valence-corrected chi connectivity index (χ3v) is 3.39. The van der Waals surface area contributed by atoms with Gasteiger partial charge in [0.2, 0.25) is 0 Å². The van der Waals surface area contributed by atoms with Crippen LogP contribution in [0.4, 0.5) is 0 Å². The van der Waals surface area contributed by atoms with Crippen LogP contribution >= 0.6 is 11.3 Å². The summed E-state index contributed by atoms with van der Waals surface area (Å²) >= 11 is 1.32. The fourth-order valence-corrected chi connectivity index (χ4v) is 2.25. The van der Waals surface area contributed by atoms with Gasteiger partial charge in [-0.1, -0.05) is 29.8 Å². The quantitative estimate of drug-likeness (QED) is 0.792. The van der Waals surface area contributed by atoms with Crippen molar-refractivity contribution < 1.29 is 14.3 Å². The van der Waals surface area contributed by atoms with Crippen molar-refractivity contribution in [2.45, 2.75) is 13.5 Å². The van der Waals surface area contributed by atoms with Gasteiger partial charge in [-0.05, 0) is 23.9 Å². The Morgan fingerprint density at radius 1 is 1.22 bits per heavy atom. The molecule has 4 heteroatoms. The van der Waals surface area contributed by atoms with Crippen LogP contribution < -0.4 is 4.74 Å². The predicted octanol–water partition coefficient (Wildman–Crippen LogP) is 3.42. The molecule has 94 valence electrons. The summed E-state index contributed by atoms with van der Waals surface area (Å²) < 4.78 is 10.3. The highest BCUT2D eigenvalue weighted by Crippen LogP contribution is 2.26. The number of aryl methyl sites for hydroxylation is 1. The number of methoxy groups -OCH3 is 1. The first-order chi connectivity index (χ1) is 8.70. The van der Waals surface area contributed by atoms with Crippen molar-refractivity contribution in [2.24, 2.45) is 0 Å². The van der Waals surface area contributed by atoms with Crippen molar-refractivity contribution in [2.75, 3.05) is 7.11 Å². The number of esters is 1. The van der Waals surface area contributed by atoms with Crippen molar-refractivity contribution in [1.29, 1.82) is 0 Å². The molecule has 0 radical (unpaired) electrons. The number of rotatable bonds is 4. The van der Waals surface area contributed by atoms with E-state index in [1.54, 1.807) is 6.07 Å². The minimum Gasteiger partial charge on any atom is -0.487 e. The molecule has 3 nitrogen and oxygen atoms in total. The van der Waals surface area contributed by atoms with E-state index in [0.717, 1.165) is 5.56 Å². The molecule has 0 unspecified atom stereocenters. The van der Waals surface area contributed by atoms with E-state index in [-0.39, 0.29) is 5.97 Å². The van der Waals surface area contributed by atoms with Crippen LogP contribution in [0.15, 0.2) is 35.7 Å². The van der Waals surface area contributed by atoms with E-state index in [1.807, 2.05) is 36.6 Å². The van der Waals surface area contributed by atoms with Crippen molar-refractivity contribution in [3.63, 3.8) is 0 Å². The van der Waals surface area contributed by atoms with Crippen molar-refractivity contribution >= 4 is 17.3 Å². The summed E-state index contributed by atoms with van der Waals surface area (Å²) in [7, 11) is 1.37. The maximum Gasteiger partial charge on any atom is 0.351 e. The Balaban J connectivity index is 2.04. The SMILES string of the molecule is COC(=O)c1sccc1OCc1ccc(C)cc1. The van der Waals surface area contributed by atoms with Crippen LogP contribution in [0.2, 0.25) is 0 Å². The summed E-state index contributed by atoms with van der Waals surface area (Å²) in [6, 6.07) is 9.88. The summed E-state index contributed by atoms with van der Waals surface area (Å²) in [5.41, 5.74) is 2.28. The zero-order chi connectivity index (χ0) is 13.0. The number of carbonyl (C=O) groups excluding carboxylic acids is 1. The van der Waals surface area contributed by atoms with Crippen molar-refractivity contribution in [3.8, 4) is 5.75 Å². The molecule has 1 aromatic heterocycles. The molecule has 0 fully saturated rings. The first kappa shape index (κ1) is 12.6. The smallest absolute Gasteiger partial charge is 0.351 e. The van der Waals surface area contributed by atoms with E-state index in [4.69, 9.17) is 9.47 Å². The Hall–Kier alpha value is -1.81.